The maximum absolute atomic E-state index is 12.0. The van der Waals surface area contributed by atoms with E-state index in [4.69, 9.17) is 9.47 Å². The third-order valence-electron chi connectivity index (χ3n) is 4.26. The second kappa shape index (κ2) is 7.44. The number of benzene rings is 1. The Labute approximate surface area is 154 Å². The van der Waals surface area contributed by atoms with E-state index >= 15 is 0 Å². The summed E-state index contributed by atoms with van der Waals surface area (Å²) in [4.78, 5) is 10.2. The second-order valence-electron chi connectivity index (χ2n) is 7.72. The molecular weight excluding hydrogens is 358 g/mol. The van der Waals surface area contributed by atoms with Gasteiger partial charge in [-0.05, 0) is 52.7 Å². The molecule has 2 rings (SSSR count). The Morgan fingerprint density at radius 3 is 2.19 bits per heavy atom. The zero-order valence-electron chi connectivity index (χ0n) is 15.6. The van der Waals surface area contributed by atoms with Crippen LogP contribution >= 0.6 is 0 Å². The Balaban J connectivity index is 2.05. The predicted octanol–water partition coefficient (Wildman–Crippen LogP) is 3.43. The number of carbonyl (C=O) groups excluding carboxylic acids is 1. The number of carbonyl (C=O) groups is 1. The Hall–Kier alpha value is -1.80. The first-order chi connectivity index (χ1) is 11.9. The van der Waals surface area contributed by atoms with Crippen LogP contribution in [0.5, 0.6) is 5.75 Å². The lowest BCUT2D eigenvalue weighted by Gasteiger charge is -2.38. The van der Waals surface area contributed by atoms with E-state index < -0.39 is 26.7 Å². The molecule has 0 unspecified atom stereocenters. The van der Waals surface area contributed by atoms with Crippen molar-refractivity contribution in [3.05, 3.63) is 29.8 Å². The minimum absolute atomic E-state index is 0.0696. The lowest BCUT2D eigenvalue weighted by atomic mass is 9.92. The van der Waals surface area contributed by atoms with Crippen LogP contribution in [0.25, 0.3) is 0 Å². The van der Waals surface area contributed by atoms with E-state index in [-0.39, 0.29) is 18.9 Å². The van der Waals surface area contributed by atoms with Crippen LogP contribution in [0.3, 0.4) is 0 Å². The number of hydrogen-bond acceptors (Lipinski definition) is 5. The van der Waals surface area contributed by atoms with E-state index in [0.29, 0.717) is 18.6 Å². The number of alkyl carbamates (subject to hydrolysis) is 1. The number of nitrogens with one attached hydrogen (secondary N) is 1. The van der Waals surface area contributed by atoms with E-state index in [1.807, 2.05) is 19.1 Å². The molecule has 0 atom stereocenters. The maximum atomic E-state index is 12.0. The topological polar surface area (TPSA) is 102 Å². The van der Waals surface area contributed by atoms with Gasteiger partial charge in [-0.3, -0.25) is 4.55 Å². The summed E-state index contributed by atoms with van der Waals surface area (Å²) in [6, 6.07) is 6.73. The van der Waals surface area contributed by atoms with Gasteiger partial charge in [0.2, 0.25) is 4.93 Å². The van der Waals surface area contributed by atoms with Gasteiger partial charge in [0.05, 0.1) is 0 Å². The van der Waals surface area contributed by atoms with Crippen LogP contribution in [0, 0.1) is 6.92 Å². The van der Waals surface area contributed by atoms with Gasteiger partial charge in [-0.1, -0.05) is 17.7 Å². The fraction of sp³-hybridized carbons (Fsp3) is 0.611. The largest absolute Gasteiger partial charge is 0.469 e. The number of ether oxygens (including phenoxy) is 2. The molecule has 0 bridgehead atoms. The summed E-state index contributed by atoms with van der Waals surface area (Å²) in [5.41, 5.74) is 0.411. The van der Waals surface area contributed by atoms with Crippen LogP contribution in [-0.4, -0.2) is 35.6 Å². The van der Waals surface area contributed by atoms with Crippen molar-refractivity contribution in [3.8, 4) is 5.75 Å². The summed E-state index contributed by atoms with van der Waals surface area (Å²) < 4.78 is 44.7. The van der Waals surface area contributed by atoms with Crippen LogP contribution in [0.15, 0.2) is 24.3 Å². The van der Waals surface area contributed by atoms with Crippen molar-refractivity contribution >= 4 is 16.2 Å². The average Bonchev–Trinajstić information content (AvgIpc) is 2.48. The number of amides is 1. The molecule has 0 radical (unpaired) electrons. The van der Waals surface area contributed by atoms with E-state index in [2.05, 4.69) is 5.32 Å². The Morgan fingerprint density at radius 1 is 1.19 bits per heavy atom. The van der Waals surface area contributed by atoms with Crippen molar-refractivity contribution < 1.29 is 27.2 Å². The van der Waals surface area contributed by atoms with Crippen LogP contribution in [-0.2, 0) is 14.9 Å². The van der Waals surface area contributed by atoms with Crippen LogP contribution in [0.2, 0.25) is 0 Å². The first-order valence-corrected chi connectivity index (χ1v) is 10.1. The molecule has 0 saturated heterocycles. The zero-order chi connectivity index (χ0) is 19.6. The van der Waals surface area contributed by atoms with Gasteiger partial charge in [0.15, 0.2) is 0 Å². The first kappa shape index (κ1) is 20.5. The molecule has 1 aliphatic rings. The molecule has 0 heterocycles. The summed E-state index contributed by atoms with van der Waals surface area (Å²) >= 11 is 0. The number of rotatable bonds is 4. The molecule has 0 spiro atoms. The van der Waals surface area contributed by atoms with E-state index in [1.165, 1.54) is 0 Å². The molecule has 26 heavy (non-hydrogen) atoms. The third kappa shape index (κ3) is 5.35. The quantitative estimate of drug-likeness (QED) is 0.770. The van der Waals surface area contributed by atoms with Gasteiger partial charge in [-0.25, -0.2) is 4.79 Å². The second-order valence-corrected chi connectivity index (χ2v) is 9.42. The minimum atomic E-state index is -4.44. The highest BCUT2D eigenvalue weighted by atomic mass is 32.2. The molecule has 1 fully saturated rings. The summed E-state index contributed by atoms with van der Waals surface area (Å²) in [5, 5.41) is 2.74. The van der Waals surface area contributed by atoms with E-state index in [9.17, 15) is 17.8 Å². The molecule has 0 aromatic heterocycles. The van der Waals surface area contributed by atoms with Gasteiger partial charge in [0.25, 0.3) is 0 Å². The SMILES string of the molecule is Cc1ccc(OC2(S(=O)(=O)O)CCC(NC(=O)OC(C)(C)C)CC2)cc1. The molecule has 1 amide bonds. The number of hydrogen-bond donors (Lipinski definition) is 2. The monoisotopic (exact) mass is 385 g/mol. The molecule has 7 nitrogen and oxygen atoms in total. The Morgan fingerprint density at radius 2 is 1.73 bits per heavy atom. The maximum Gasteiger partial charge on any atom is 0.407 e. The highest BCUT2D eigenvalue weighted by Crippen LogP contribution is 2.37. The van der Waals surface area contributed by atoms with Crippen molar-refractivity contribution in [1.82, 2.24) is 5.32 Å². The molecule has 1 aliphatic carbocycles. The van der Waals surface area contributed by atoms with Crippen molar-refractivity contribution in [1.29, 1.82) is 0 Å². The molecule has 146 valence electrons. The normalized spacial score (nSPS) is 24.0. The Bertz CT molecular complexity index is 728. The predicted molar refractivity (Wildman–Crippen MR) is 97.7 cm³/mol. The molecule has 0 aliphatic heterocycles. The third-order valence-corrected chi connectivity index (χ3v) is 5.70. The molecular formula is C18H27NO6S. The molecule has 8 heteroatoms. The van der Waals surface area contributed by atoms with Crippen molar-refractivity contribution in [3.63, 3.8) is 0 Å². The molecule has 2 N–H and O–H groups in total. The smallest absolute Gasteiger partial charge is 0.407 e. The van der Waals surface area contributed by atoms with Gasteiger partial charge in [-0.15, -0.1) is 0 Å². The van der Waals surface area contributed by atoms with Crippen LogP contribution in [0.4, 0.5) is 4.79 Å². The Kier molecular flexibility index (Phi) is 5.87. The lowest BCUT2D eigenvalue weighted by molar-refractivity contribution is 0.0440. The molecule has 1 aromatic carbocycles. The van der Waals surface area contributed by atoms with Gasteiger partial charge in [0, 0.05) is 18.9 Å². The van der Waals surface area contributed by atoms with Gasteiger partial charge in [0.1, 0.15) is 11.4 Å². The minimum Gasteiger partial charge on any atom is -0.469 e. The van der Waals surface area contributed by atoms with E-state index in [0.717, 1.165) is 5.56 Å². The van der Waals surface area contributed by atoms with Gasteiger partial charge in [-0.2, -0.15) is 8.42 Å². The fourth-order valence-electron chi connectivity index (χ4n) is 2.91. The molecule has 1 aromatic rings. The summed E-state index contributed by atoms with van der Waals surface area (Å²) in [6.07, 6.45) is 0.303. The lowest BCUT2D eigenvalue weighted by Crippen LogP contribution is -2.51. The van der Waals surface area contributed by atoms with Crippen molar-refractivity contribution in [2.45, 2.75) is 70.0 Å². The average molecular weight is 385 g/mol. The highest BCUT2D eigenvalue weighted by molar-refractivity contribution is 7.87. The summed E-state index contributed by atoms with van der Waals surface area (Å²) in [5.74, 6) is 0.381. The number of aryl methyl sites for hydroxylation is 1. The van der Waals surface area contributed by atoms with Crippen molar-refractivity contribution in [2.24, 2.45) is 0 Å². The molecule has 1 saturated carbocycles. The van der Waals surface area contributed by atoms with Crippen LogP contribution < -0.4 is 10.1 Å². The van der Waals surface area contributed by atoms with E-state index in [1.54, 1.807) is 32.9 Å². The van der Waals surface area contributed by atoms with Gasteiger partial charge >= 0.3 is 16.2 Å². The van der Waals surface area contributed by atoms with Crippen molar-refractivity contribution in [2.75, 3.05) is 0 Å². The van der Waals surface area contributed by atoms with Gasteiger partial charge < -0.3 is 14.8 Å². The summed E-state index contributed by atoms with van der Waals surface area (Å²) in [7, 11) is -4.44. The fourth-order valence-corrected chi connectivity index (χ4v) is 3.86. The summed E-state index contributed by atoms with van der Waals surface area (Å²) in [6.45, 7) is 7.22. The standard InChI is InChI=1S/C18H27NO6S/c1-13-5-7-15(8-6-13)24-18(26(21,22)23)11-9-14(10-12-18)19-16(20)25-17(2,3)4/h5-8,14H,9-12H2,1-4H3,(H,19,20)(H,21,22,23). The highest BCUT2D eigenvalue weighted by Gasteiger charge is 2.48. The first-order valence-electron chi connectivity index (χ1n) is 8.62. The van der Waals surface area contributed by atoms with Crippen LogP contribution in [0.1, 0.15) is 52.0 Å². The zero-order valence-corrected chi connectivity index (χ0v) is 16.4.